The van der Waals surface area contributed by atoms with Gasteiger partial charge >= 0.3 is 5.97 Å². The Hall–Kier alpha value is -2.69. The van der Waals surface area contributed by atoms with Crippen LogP contribution in [0.1, 0.15) is 22.3 Å². The van der Waals surface area contributed by atoms with E-state index >= 15 is 0 Å². The molecule has 0 aliphatic carbocycles. The lowest BCUT2D eigenvalue weighted by atomic mass is 10.1. The number of nitrogens with one attached hydrogen (secondary N) is 1. The molecular formula is C16H14FNO3. The monoisotopic (exact) mass is 287 g/mol. The number of carboxylic acid groups (broad SMARTS) is 1. The second-order valence-electron chi connectivity index (χ2n) is 4.53. The highest BCUT2D eigenvalue weighted by atomic mass is 19.1. The number of anilines is 1. The van der Waals surface area contributed by atoms with Gasteiger partial charge in [-0.2, -0.15) is 0 Å². The Bertz CT molecular complexity index is 653. The van der Waals surface area contributed by atoms with E-state index < -0.39 is 5.97 Å². The fourth-order valence-electron chi connectivity index (χ4n) is 1.90. The Kier molecular flexibility index (Phi) is 4.66. The van der Waals surface area contributed by atoms with E-state index in [4.69, 9.17) is 5.11 Å². The minimum atomic E-state index is -1.09. The molecule has 0 saturated heterocycles. The molecule has 0 atom stereocenters. The van der Waals surface area contributed by atoms with E-state index in [0.717, 1.165) is 5.56 Å². The molecule has 0 saturated carbocycles. The van der Waals surface area contributed by atoms with Crippen molar-refractivity contribution >= 4 is 17.6 Å². The van der Waals surface area contributed by atoms with Crippen LogP contribution in [0.4, 0.5) is 10.1 Å². The average Bonchev–Trinajstić information content (AvgIpc) is 2.47. The van der Waals surface area contributed by atoms with Crippen molar-refractivity contribution in [3.8, 4) is 0 Å². The summed E-state index contributed by atoms with van der Waals surface area (Å²) in [4.78, 5) is 22.9. The van der Waals surface area contributed by atoms with Crippen LogP contribution in [-0.2, 0) is 11.2 Å². The van der Waals surface area contributed by atoms with Crippen LogP contribution in [0.3, 0.4) is 0 Å². The third-order valence-electron chi connectivity index (χ3n) is 2.99. The maximum absolute atomic E-state index is 12.8. The summed E-state index contributed by atoms with van der Waals surface area (Å²) in [5.41, 5.74) is 1.17. The summed E-state index contributed by atoms with van der Waals surface area (Å²) in [7, 11) is 0. The van der Waals surface area contributed by atoms with Gasteiger partial charge in [0.25, 0.3) is 0 Å². The number of carboxylic acids is 1. The number of para-hydroxylation sites is 1. The van der Waals surface area contributed by atoms with Crippen LogP contribution < -0.4 is 5.32 Å². The van der Waals surface area contributed by atoms with Crippen molar-refractivity contribution in [2.45, 2.75) is 12.8 Å². The third kappa shape index (κ3) is 4.14. The number of hydrogen-bond donors (Lipinski definition) is 2. The number of aryl methyl sites for hydroxylation is 1. The topological polar surface area (TPSA) is 66.4 Å². The van der Waals surface area contributed by atoms with Crippen molar-refractivity contribution in [2.75, 3.05) is 5.32 Å². The molecule has 2 rings (SSSR count). The zero-order valence-electron chi connectivity index (χ0n) is 11.2. The molecule has 0 radical (unpaired) electrons. The van der Waals surface area contributed by atoms with E-state index in [1.165, 1.54) is 18.2 Å². The molecule has 0 aliphatic heterocycles. The molecule has 108 valence electrons. The molecule has 0 unspecified atom stereocenters. The summed E-state index contributed by atoms with van der Waals surface area (Å²) < 4.78 is 12.8. The zero-order valence-corrected chi connectivity index (χ0v) is 11.2. The number of carbonyl (C=O) groups excluding carboxylic acids is 1. The van der Waals surface area contributed by atoms with Crippen LogP contribution in [0.15, 0.2) is 48.5 Å². The number of benzene rings is 2. The molecule has 0 bridgehead atoms. The molecule has 2 aromatic rings. The highest BCUT2D eigenvalue weighted by Gasteiger charge is 2.11. The lowest BCUT2D eigenvalue weighted by Crippen LogP contribution is -2.15. The molecule has 21 heavy (non-hydrogen) atoms. The molecule has 0 aliphatic rings. The van der Waals surface area contributed by atoms with Crippen molar-refractivity contribution < 1.29 is 19.1 Å². The van der Waals surface area contributed by atoms with Crippen LogP contribution in [-0.4, -0.2) is 17.0 Å². The van der Waals surface area contributed by atoms with Crippen molar-refractivity contribution in [3.05, 3.63) is 65.5 Å². The molecule has 2 aromatic carbocycles. The summed E-state index contributed by atoms with van der Waals surface area (Å²) in [6.45, 7) is 0. The molecule has 4 nitrogen and oxygen atoms in total. The van der Waals surface area contributed by atoms with Crippen molar-refractivity contribution in [1.29, 1.82) is 0 Å². The summed E-state index contributed by atoms with van der Waals surface area (Å²) in [6.07, 6.45) is 0.654. The summed E-state index contributed by atoms with van der Waals surface area (Å²) in [6, 6.07) is 12.1. The summed E-state index contributed by atoms with van der Waals surface area (Å²) >= 11 is 0. The standard InChI is InChI=1S/C16H14FNO3/c17-12-8-5-11(6-9-12)7-10-15(19)18-14-4-2-1-3-13(14)16(20)21/h1-6,8-9H,7,10H2,(H,18,19)(H,20,21). The predicted molar refractivity (Wildman–Crippen MR) is 76.8 cm³/mol. The number of carbonyl (C=O) groups is 2. The van der Waals surface area contributed by atoms with Gasteiger partial charge < -0.3 is 10.4 Å². The molecule has 0 spiro atoms. The van der Waals surface area contributed by atoms with Gasteiger partial charge in [0.2, 0.25) is 5.91 Å². The van der Waals surface area contributed by atoms with Crippen LogP contribution in [0.2, 0.25) is 0 Å². The first-order valence-electron chi connectivity index (χ1n) is 6.43. The maximum atomic E-state index is 12.8. The van der Waals surface area contributed by atoms with Gasteiger partial charge in [0.1, 0.15) is 5.82 Å². The molecule has 0 aromatic heterocycles. The quantitative estimate of drug-likeness (QED) is 0.888. The van der Waals surface area contributed by atoms with Crippen LogP contribution >= 0.6 is 0 Å². The SMILES string of the molecule is O=C(CCc1ccc(F)cc1)Nc1ccccc1C(=O)O. The molecule has 2 N–H and O–H groups in total. The van der Waals surface area contributed by atoms with E-state index in [1.807, 2.05) is 0 Å². The molecule has 0 heterocycles. The average molecular weight is 287 g/mol. The Balaban J connectivity index is 1.96. The second kappa shape index (κ2) is 6.65. The number of rotatable bonds is 5. The van der Waals surface area contributed by atoms with Gasteiger partial charge in [-0.3, -0.25) is 4.79 Å². The fourth-order valence-corrected chi connectivity index (χ4v) is 1.90. The fraction of sp³-hybridized carbons (Fsp3) is 0.125. The zero-order chi connectivity index (χ0) is 15.2. The van der Waals surface area contributed by atoms with Crippen molar-refractivity contribution in [2.24, 2.45) is 0 Å². The Labute approximate surface area is 121 Å². The lowest BCUT2D eigenvalue weighted by molar-refractivity contribution is -0.116. The van der Waals surface area contributed by atoms with Crippen LogP contribution in [0.5, 0.6) is 0 Å². The van der Waals surface area contributed by atoms with Gasteiger partial charge in [-0.1, -0.05) is 24.3 Å². The van der Waals surface area contributed by atoms with Gasteiger partial charge in [-0.25, -0.2) is 9.18 Å². The minimum absolute atomic E-state index is 0.0487. The van der Waals surface area contributed by atoms with Crippen LogP contribution in [0, 0.1) is 5.82 Å². The first kappa shape index (κ1) is 14.7. The molecule has 0 fully saturated rings. The molecule has 1 amide bonds. The largest absolute Gasteiger partial charge is 0.478 e. The van der Waals surface area contributed by atoms with E-state index in [9.17, 15) is 14.0 Å². The third-order valence-corrected chi connectivity index (χ3v) is 2.99. The van der Waals surface area contributed by atoms with Crippen molar-refractivity contribution in [3.63, 3.8) is 0 Å². The summed E-state index contributed by atoms with van der Waals surface area (Å²) in [5, 5.41) is 11.6. The van der Waals surface area contributed by atoms with E-state index in [-0.39, 0.29) is 29.4 Å². The summed E-state index contributed by atoms with van der Waals surface area (Å²) in [5.74, 6) is -1.70. The Morgan fingerprint density at radius 2 is 1.71 bits per heavy atom. The maximum Gasteiger partial charge on any atom is 0.337 e. The van der Waals surface area contributed by atoms with E-state index in [0.29, 0.717) is 6.42 Å². The van der Waals surface area contributed by atoms with Crippen LogP contribution in [0.25, 0.3) is 0 Å². The van der Waals surface area contributed by atoms with E-state index in [1.54, 1.807) is 30.3 Å². The Morgan fingerprint density at radius 3 is 2.38 bits per heavy atom. The second-order valence-corrected chi connectivity index (χ2v) is 4.53. The minimum Gasteiger partial charge on any atom is -0.478 e. The van der Waals surface area contributed by atoms with Gasteiger partial charge in [-0.15, -0.1) is 0 Å². The van der Waals surface area contributed by atoms with Gasteiger partial charge in [0.05, 0.1) is 11.3 Å². The smallest absolute Gasteiger partial charge is 0.337 e. The number of aromatic carboxylic acids is 1. The first-order chi connectivity index (χ1) is 10.1. The number of halogens is 1. The highest BCUT2D eigenvalue weighted by molar-refractivity contribution is 6.00. The van der Waals surface area contributed by atoms with Gasteiger partial charge in [-0.05, 0) is 36.2 Å². The molecular weight excluding hydrogens is 273 g/mol. The predicted octanol–water partition coefficient (Wildman–Crippen LogP) is 3.10. The highest BCUT2D eigenvalue weighted by Crippen LogP contribution is 2.15. The molecule has 5 heteroatoms. The normalized spacial score (nSPS) is 10.1. The van der Waals surface area contributed by atoms with Crippen molar-refractivity contribution in [1.82, 2.24) is 0 Å². The Morgan fingerprint density at radius 1 is 1.05 bits per heavy atom. The van der Waals surface area contributed by atoms with Gasteiger partial charge in [0, 0.05) is 6.42 Å². The first-order valence-corrected chi connectivity index (χ1v) is 6.43. The van der Waals surface area contributed by atoms with Gasteiger partial charge in [0.15, 0.2) is 0 Å². The van der Waals surface area contributed by atoms with E-state index in [2.05, 4.69) is 5.32 Å². The number of hydrogen-bond acceptors (Lipinski definition) is 2. The number of amides is 1. The lowest BCUT2D eigenvalue weighted by Gasteiger charge is -2.08.